The lowest BCUT2D eigenvalue weighted by molar-refractivity contribution is -0.254. The zero-order valence-electron chi connectivity index (χ0n) is 5.36. The Balaban J connectivity index is 0.000000236. The molecule has 54 valence electrons. The predicted molar refractivity (Wildman–Crippen MR) is 38.2 cm³/mol. The molecule has 1 aromatic carbocycles. The van der Waals surface area contributed by atoms with Crippen LogP contribution in [-0.4, -0.2) is 0 Å². The molecule has 0 fully saturated rings. The van der Waals surface area contributed by atoms with Gasteiger partial charge in [0.05, 0.1) is 0 Å². The maximum absolute atomic E-state index is 8.00. The van der Waals surface area contributed by atoms with E-state index in [4.69, 9.17) is 10.1 Å². The Morgan fingerprint density at radius 3 is 1.90 bits per heavy atom. The van der Waals surface area contributed by atoms with E-state index in [1.807, 2.05) is 30.3 Å². The van der Waals surface area contributed by atoms with E-state index in [1.54, 1.807) is 0 Å². The lowest BCUT2D eigenvalue weighted by Crippen LogP contribution is -2.39. The van der Waals surface area contributed by atoms with Gasteiger partial charge in [-0.2, -0.15) is 0 Å². The van der Waals surface area contributed by atoms with Gasteiger partial charge in [-0.1, -0.05) is 18.2 Å². The van der Waals surface area contributed by atoms with Gasteiger partial charge in [-0.25, -0.2) is 0 Å². The minimum Gasteiger partial charge on any atom is -0.444 e. The van der Waals surface area contributed by atoms with Gasteiger partial charge in [-0.3, -0.25) is 0 Å². The summed E-state index contributed by atoms with van der Waals surface area (Å²) in [4.78, 5) is 8.00. The summed E-state index contributed by atoms with van der Waals surface area (Å²) in [6.07, 6.45) is 0. The highest BCUT2D eigenvalue weighted by Gasteiger charge is 1.77. The Bertz CT molecular complexity index is 176. The summed E-state index contributed by atoms with van der Waals surface area (Å²) in [7, 11) is 0. The van der Waals surface area contributed by atoms with Crippen molar-refractivity contribution in [2.24, 2.45) is 5.34 Å². The topological polar surface area (TPSA) is 80.1 Å². The van der Waals surface area contributed by atoms with E-state index in [0.29, 0.717) is 0 Å². The quantitative estimate of drug-likeness (QED) is 0.427. The molecule has 0 atom stereocenters. The van der Waals surface area contributed by atoms with Gasteiger partial charge in [0.2, 0.25) is 0 Å². The van der Waals surface area contributed by atoms with E-state index in [1.165, 1.54) is 0 Å². The number of hydrogen-bond donors (Lipinski definition) is 1. The summed E-state index contributed by atoms with van der Waals surface area (Å²) in [6, 6.07) is 9.87. The second kappa shape index (κ2) is 5.71. The summed E-state index contributed by atoms with van der Waals surface area (Å²) >= 11 is 0. The molecule has 0 amide bonds. The van der Waals surface area contributed by atoms with Crippen molar-refractivity contribution in [1.29, 1.82) is 0 Å². The minimum atomic E-state index is 1.00. The molecule has 0 aromatic heterocycles. The van der Waals surface area contributed by atoms with Crippen LogP contribution in [0.15, 0.2) is 35.7 Å². The maximum Gasteiger partial charge on any atom is 0.127 e. The van der Waals surface area contributed by atoms with Crippen molar-refractivity contribution in [2.75, 3.05) is 0 Å². The normalized spacial score (nSPS) is 7.30. The van der Waals surface area contributed by atoms with Gasteiger partial charge in [0.1, 0.15) is 5.69 Å². The fraction of sp³-hybridized carbons (Fsp3) is 0. The largest absolute Gasteiger partial charge is 0.444 e. The third-order valence-corrected chi connectivity index (χ3v) is 0.843. The molecule has 4 heteroatoms. The summed E-state index contributed by atoms with van der Waals surface area (Å²) < 4.78 is 0. The molecule has 0 aliphatic rings. The van der Waals surface area contributed by atoms with Crippen LogP contribution in [0, 0.1) is 10.1 Å². The average molecular weight is 140 g/mol. The molecule has 0 aliphatic carbocycles. The number of rotatable bonds is 0. The van der Waals surface area contributed by atoms with Crippen LogP contribution < -0.4 is 5.73 Å². The van der Waals surface area contributed by atoms with E-state index in [2.05, 4.69) is 5.73 Å². The first-order valence-corrected chi connectivity index (χ1v) is 2.63. The average Bonchev–Trinajstić information content (AvgIpc) is 1.91. The van der Waals surface area contributed by atoms with Crippen molar-refractivity contribution in [3.63, 3.8) is 0 Å². The first-order valence-electron chi connectivity index (χ1n) is 2.63. The minimum absolute atomic E-state index is 1.00. The van der Waals surface area contributed by atoms with Crippen molar-refractivity contribution in [3.05, 3.63) is 40.4 Å². The van der Waals surface area contributed by atoms with E-state index in [9.17, 15) is 0 Å². The van der Waals surface area contributed by atoms with Crippen LogP contribution in [0.3, 0.4) is 0 Å². The highest BCUT2D eigenvalue weighted by molar-refractivity contribution is 5.25. The fourth-order valence-electron chi connectivity index (χ4n) is 0.478. The molecule has 0 saturated carbocycles. The van der Waals surface area contributed by atoms with Gasteiger partial charge in [0.25, 0.3) is 0 Å². The first kappa shape index (κ1) is 8.58. The first-order chi connectivity index (χ1) is 4.81. The summed E-state index contributed by atoms with van der Waals surface area (Å²) in [5.74, 6) is 0. The predicted octanol–water partition coefficient (Wildman–Crippen LogP) is 0.811. The van der Waals surface area contributed by atoms with Crippen molar-refractivity contribution in [3.8, 4) is 0 Å². The molecule has 0 bridgehead atoms. The van der Waals surface area contributed by atoms with Gasteiger partial charge in [0, 0.05) is 0 Å². The molecule has 1 rings (SSSR count). The SMILES string of the molecule is O=N[O-].[NH3+]c1ccccc1. The molecule has 0 radical (unpaired) electrons. The fourth-order valence-corrected chi connectivity index (χ4v) is 0.478. The molecule has 1 aromatic rings. The molecule has 0 aliphatic heterocycles. The third kappa shape index (κ3) is 4.73. The Hall–Kier alpha value is -1.42. The van der Waals surface area contributed by atoms with Crippen molar-refractivity contribution in [2.45, 2.75) is 0 Å². The number of nitrogens with zero attached hydrogens (tertiary/aromatic N) is 1. The van der Waals surface area contributed by atoms with E-state index < -0.39 is 0 Å². The smallest absolute Gasteiger partial charge is 0.127 e. The molecule has 3 N–H and O–H groups in total. The Kier molecular flexibility index (Phi) is 4.90. The summed E-state index contributed by atoms with van der Waals surface area (Å²) in [5.41, 5.74) is 4.79. The van der Waals surface area contributed by atoms with E-state index in [-0.39, 0.29) is 0 Å². The Labute approximate surface area is 58.2 Å². The second-order valence-electron chi connectivity index (χ2n) is 1.56. The highest BCUT2D eigenvalue weighted by Crippen LogP contribution is 1.93. The monoisotopic (exact) mass is 140 g/mol. The number of hydrogen-bond acceptors (Lipinski definition) is 3. The molecule has 0 unspecified atom stereocenters. The van der Waals surface area contributed by atoms with E-state index >= 15 is 0 Å². The Morgan fingerprint density at radius 1 is 1.30 bits per heavy atom. The lowest BCUT2D eigenvalue weighted by atomic mass is 10.3. The molecule has 0 heterocycles. The lowest BCUT2D eigenvalue weighted by Gasteiger charge is -1.78. The zero-order chi connectivity index (χ0) is 7.82. The molecule has 0 saturated heterocycles. The summed E-state index contributed by atoms with van der Waals surface area (Å²) in [5, 5.41) is 9.00. The van der Waals surface area contributed by atoms with Crippen LogP contribution in [0.25, 0.3) is 0 Å². The van der Waals surface area contributed by atoms with Gasteiger partial charge in [0.15, 0.2) is 0 Å². The number of quaternary nitrogens is 1. The van der Waals surface area contributed by atoms with Crippen molar-refractivity contribution >= 4 is 5.69 Å². The summed E-state index contributed by atoms with van der Waals surface area (Å²) in [6.45, 7) is 0. The van der Waals surface area contributed by atoms with Crippen molar-refractivity contribution < 1.29 is 5.73 Å². The Morgan fingerprint density at radius 2 is 1.70 bits per heavy atom. The van der Waals surface area contributed by atoms with E-state index in [0.717, 1.165) is 11.0 Å². The molecule has 4 nitrogen and oxygen atoms in total. The van der Waals surface area contributed by atoms with Crippen LogP contribution in [0.4, 0.5) is 5.69 Å². The molecule has 10 heavy (non-hydrogen) atoms. The maximum atomic E-state index is 8.00. The number of benzene rings is 1. The standard InChI is InChI=1S/C6H7N.HNO2/c7-6-4-2-1-3-5-6;2-1-3/h1-5H,7H2;(H,2,3). The van der Waals surface area contributed by atoms with Crippen LogP contribution in [0.2, 0.25) is 0 Å². The van der Waals surface area contributed by atoms with Gasteiger partial charge in [-0.15, -0.1) is 5.34 Å². The van der Waals surface area contributed by atoms with Crippen molar-refractivity contribution in [1.82, 2.24) is 0 Å². The van der Waals surface area contributed by atoms with Crippen LogP contribution in [0.5, 0.6) is 0 Å². The van der Waals surface area contributed by atoms with Gasteiger partial charge >= 0.3 is 0 Å². The zero-order valence-corrected chi connectivity index (χ0v) is 5.36. The van der Waals surface area contributed by atoms with Crippen LogP contribution in [-0.2, 0) is 0 Å². The third-order valence-electron chi connectivity index (χ3n) is 0.843. The van der Waals surface area contributed by atoms with Gasteiger partial charge in [-0.05, 0) is 12.1 Å². The molecule has 0 spiro atoms. The highest BCUT2D eigenvalue weighted by atomic mass is 16.6. The van der Waals surface area contributed by atoms with Gasteiger partial charge < -0.3 is 15.8 Å². The molecular weight excluding hydrogens is 132 g/mol. The molecular formula is C6H8N2O2. The second-order valence-corrected chi connectivity index (χ2v) is 1.56. The van der Waals surface area contributed by atoms with Crippen LogP contribution >= 0.6 is 0 Å². The van der Waals surface area contributed by atoms with Crippen LogP contribution in [0.1, 0.15) is 0 Å².